The average Bonchev–Trinajstić information content (AvgIpc) is 2.54. The number of hydrogen-bond acceptors (Lipinski definition) is 5. The normalized spacial score (nSPS) is 13.4. The molecule has 1 N–H and O–H groups in total. The molecule has 0 radical (unpaired) electrons. The van der Waals surface area contributed by atoms with Crippen molar-refractivity contribution in [2.24, 2.45) is 0 Å². The maximum atomic E-state index is 12.5. The fourth-order valence-corrected chi connectivity index (χ4v) is 3.04. The summed E-state index contributed by atoms with van der Waals surface area (Å²) in [5.74, 6) is 0.824. The van der Waals surface area contributed by atoms with Crippen molar-refractivity contribution in [3.05, 3.63) is 47.5 Å². The molecule has 6 nitrogen and oxygen atoms in total. The van der Waals surface area contributed by atoms with Crippen LogP contribution in [0.25, 0.3) is 0 Å². The third-order valence-corrected chi connectivity index (χ3v) is 4.79. The van der Waals surface area contributed by atoms with Crippen molar-refractivity contribution >= 4 is 21.4 Å². The van der Waals surface area contributed by atoms with Gasteiger partial charge < -0.3 is 14.8 Å². The highest BCUT2D eigenvalue weighted by molar-refractivity contribution is 7.90. The van der Waals surface area contributed by atoms with E-state index in [4.69, 9.17) is 9.47 Å². The summed E-state index contributed by atoms with van der Waals surface area (Å²) < 4.78 is 34.3. The van der Waals surface area contributed by atoms with Gasteiger partial charge in [0.05, 0.1) is 4.90 Å². The predicted molar refractivity (Wildman–Crippen MR) is 89.7 cm³/mol. The van der Waals surface area contributed by atoms with E-state index in [1.807, 2.05) is 0 Å². The summed E-state index contributed by atoms with van der Waals surface area (Å²) in [4.78, 5) is 12.6. The van der Waals surface area contributed by atoms with E-state index in [0.29, 0.717) is 41.5 Å². The van der Waals surface area contributed by atoms with Gasteiger partial charge >= 0.3 is 0 Å². The first-order valence-corrected chi connectivity index (χ1v) is 9.25. The number of carbonyl (C=O) groups excluding carboxylic acids is 1. The number of fused-ring (bicyclic) bond motifs is 1. The van der Waals surface area contributed by atoms with E-state index < -0.39 is 9.84 Å². The maximum Gasteiger partial charge on any atom is 0.255 e. The Morgan fingerprint density at radius 1 is 1.04 bits per heavy atom. The van der Waals surface area contributed by atoms with Crippen LogP contribution < -0.4 is 14.8 Å². The first-order chi connectivity index (χ1) is 11.3. The minimum absolute atomic E-state index is 0.112. The first kappa shape index (κ1) is 16.3. The molecule has 126 valence electrons. The smallest absolute Gasteiger partial charge is 0.255 e. The molecule has 1 aliphatic rings. The molecular formula is C17H17NO5S. The van der Waals surface area contributed by atoms with E-state index in [1.54, 1.807) is 31.2 Å². The Hall–Kier alpha value is -2.54. The van der Waals surface area contributed by atoms with Gasteiger partial charge in [0.15, 0.2) is 21.3 Å². The van der Waals surface area contributed by atoms with Crippen LogP contribution >= 0.6 is 0 Å². The molecule has 24 heavy (non-hydrogen) atoms. The standard InChI is InChI=1S/C17H17NO5S/c1-11-3-5-13(24(2,20)21)10-14(11)17(19)18-12-4-6-15-16(9-12)23-8-7-22-15/h3-6,9-10H,7-8H2,1-2H3,(H,18,19). The third kappa shape index (κ3) is 3.35. The van der Waals surface area contributed by atoms with E-state index >= 15 is 0 Å². The fourth-order valence-electron chi connectivity index (χ4n) is 2.40. The number of ether oxygens (including phenoxy) is 2. The Bertz CT molecular complexity index is 905. The summed E-state index contributed by atoms with van der Waals surface area (Å²) in [6.45, 7) is 2.71. The summed E-state index contributed by atoms with van der Waals surface area (Å²) in [5, 5.41) is 2.76. The van der Waals surface area contributed by atoms with Gasteiger partial charge in [-0.25, -0.2) is 8.42 Å². The Morgan fingerprint density at radius 3 is 2.46 bits per heavy atom. The van der Waals surface area contributed by atoms with E-state index in [-0.39, 0.29) is 10.8 Å². The molecule has 0 bridgehead atoms. The number of benzene rings is 2. The Morgan fingerprint density at radius 2 is 1.75 bits per heavy atom. The highest BCUT2D eigenvalue weighted by atomic mass is 32.2. The van der Waals surface area contributed by atoms with Crippen LogP contribution in [-0.4, -0.2) is 33.8 Å². The van der Waals surface area contributed by atoms with Gasteiger partial charge in [0.1, 0.15) is 13.2 Å². The molecule has 1 amide bonds. The lowest BCUT2D eigenvalue weighted by molar-refractivity contribution is 0.102. The van der Waals surface area contributed by atoms with Gasteiger partial charge in [0, 0.05) is 23.6 Å². The highest BCUT2D eigenvalue weighted by Crippen LogP contribution is 2.32. The second kappa shape index (κ2) is 6.16. The van der Waals surface area contributed by atoms with Crippen molar-refractivity contribution in [3.8, 4) is 11.5 Å². The minimum Gasteiger partial charge on any atom is -0.486 e. The molecular weight excluding hydrogens is 330 g/mol. The lowest BCUT2D eigenvalue weighted by Crippen LogP contribution is -2.17. The average molecular weight is 347 g/mol. The van der Waals surface area contributed by atoms with Crippen molar-refractivity contribution in [3.63, 3.8) is 0 Å². The van der Waals surface area contributed by atoms with Crippen molar-refractivity contribution in [2.45, 2.75) is 11.8 Å². The number of amides is 1. The zero-order valence-corrected chi connectivity index (χ0v) is 14.1. The molecule has 0 fully saturated rings. The number of nitrogens with one attached hydrogen (secondary N) is 1. The molecule has 0 aliphatic carbocycles. The van der Waals surface area contributed by atoms with Crippen molar-refractivity contribution in [1.29, 1.82) is 0 Å². The summed E-state index contributed by atoms with van der Waals surface area (Å²) in [7, 11) is -3.38. The Kier molecular flexibility index (Phi) is 4.19. The highest BCUT2D eigenvalue weighted by Gasteiger charge is 2.16. The van der Waals surface area contributed by atoms with E-state index in [9.17, 15) is 13.2 Å². The maximum absolute atomic E-state index is 12.5. The van der Waals surface area contributed by atoms with Crippen LogP contribution in [0.4, 0.5) is 5.69 Å². The zero-order chi connectivity index (χ0) is 17.3. The summed E-state index contributed by atoms with van der Waals surface area (Å²) in [5.41, 5.74) is 1.55. The summed E-state index contributed by atoms with van der Waals surface area (Å²) in [6, 6.07) is 9.62. The lowest BCUT2D eigenvalue weighted by Gasteiger charge is -2.19. The fraction of sp³-hybridized carbons (Fsp3) is 0.235. The second-order valence-electron chi connectivity index (χ2n) is 5.56. The van der Waals surface area contributed by atoms with Crippen LogP contribution in [0.3, 0.4) is 0 Å². The molecule has 0 saturated carbocycles. The largest absolute Gasteiger partial charge is 0.486 e. The monoisotopic (exact) mass is 347 g/mol. The minimum atomic E-state index is -3.38. The van der Waals surface area contributed by atoms with E-state index in [2.05, 4.69) is 5.32 Å². The Balaban J connectivity index is 1.87. The van der Waals surface area contributed by atoms with E-state index in [0.717, 1.165) is 6.26 Å². The van der Waals surface area contributed by atoms with Gasteiger partial charge in [-0.15, -0.1) is 0 Å². The molecule has 1 heterocycles. The number of anilines is 1. The zero-order valence-electron chi connectivity index (χ0n) is 13.3. The molecule has 0 spiro atoms. The lowest BCUT2D eigenvalue weighted by atomic mass is 10.1. The third-order valence-electron chi connectivity index (χ3n) is 3.68. The Labute approximate surface area is 140 Å². The van der Waals surface area contributed by atoms with Crippen LogP contribution in [0.1, 0.15) is 15.9 Å². The van der Waals surface area contributed by atoms with Gasteiger partial charge in [0.2, 0.25) is 0 Å². The van der Waals surface area contributed by atoms with E-state index in [1.165, 1.54) is 12.1 Å². The summed E-state index contributed by atoms with van der Waals surface area (Å²) >= 11 is 0. The van der Waals surface area contributed by atoms with Gasteiger partial charge in [-0.2, -0.15) is 0 Å². The van der Waals surface area contributed by atoms with Crippen LogP contribution in [0, 0.1) is 6.92 Å². The molecule has 0 unspecified atom stereocenters. The molecule has 0 saturated heterocycles. The van der Waals surface area contributed by atoms with Crippen molar-refractivity contribution < 1.29 is 22.7 Å². The van der Waals surface area contributed by atoms with Gasteiger partial charge in [0.25, 0.3) is 5.91 Å². The molecule has 7 heteroatoms. The summed E-state index contributed by atoms with van der Waals surface area (Å²) in [6.07, 6.45) is 1.11. The predicted octanol–water partition coefficient (Wildman–Crippen LogP) is 2.42. The molecule has 2 aromatic rings. The molecule has 0 aromatic heterocycles. The SMILES string of the molecule is Cc1ccc(S(C)(=O)=O)cc1C(=O)Nc1ccc2c(c1)OCCO2. The molecule has 1 aliphatic heterocycles. The number of rotatable bonds is 3. The van der Waals surface area contributed by atoms with Crippen LogP contribution in [-0.2, 0) is 9.84 Å². The van der Waals surface area contributed by atoms with Gasteiger partial charge in [-0.05, 0) is 36.8 Å². The number of carbonyl (C=O) groups is 1. The van der Waals surface area contributed by atoms with Crippen LogP contribution in [0.5, 0.6) is 11.5 Å². The van der Waals surface area contributed by atoms with Crippen LogP contribution in [0.15, 0.2) is 41.3 Å². The molecule has 3 rings (SSSR count). The number of sulfone groups is 1. The van der Waals surface area contributed by atoms with Gasteiger partial charge in [-0.3, -0.25) is 4.79 Å². The molecule has 0 atom stereocenters. The van der Waals surface area contributed by atoms with Crippen molar-refractivity contribution in [1.82, 2.24) is 0 Å². The quantitative estimate of drug-likeness (QED) is 0.922. The van der Waals surface area contributed by atoms with Crippen LogP contribution in [0.2, 0.25) is 0 Å². The van der Waals surface area contributed by atoms with Gasteiger partial charge in [-0.1, -0.05) is 6.07 Å². The van der Waals surface area contributed by atoms with Crippen molar-refractivity contribution in [2.75, 3.05) is 24.8 Å². The number of hydrogen-bond donors (Lipinski definition) is 1. The molecule has 2 aromatic carbocycles. The number of aryl methyl sites for hydroxylation is 1. The first-order valence-electron chi connectivity index (χ1n) is 7.36. The topological polar surface area (TPSA) is 81.7 Å². The second-order valence-corrected chi connectivity index (χ2v) is 7.58.